The van der Waals surface area contributed by atoms with Gasteiger partial charge in [0.15, 0.2) is 0 Å². The number of carbonyl (C=O) groups is 1. The van der Waals surface area contributed by atoms with Crippen molar-refractivity contribution in [3.05, 3.63) is 0 Å². The highest BCUT2D eigenvalue weighted by Gasteiger charge is 2.32. The van der Waals surface area contributed by atoms with E-state index in [4.69, 9.17) is 4.74 Å². The number of rotatable bonds is 9. The van der Waals surface area contributed by atoms with Crippen LogP contribution in [0.4, 0.5) is 0 Å². The lowest BCUT2D eigenvalue weighted by atomic mass is 9.96. The minimum absolute atomic E-state index is 0.155. The van der Waals surface area contributed by atoms with Gasteiger partial charge in [-0.25, -0.2) is 0 Å². The third-order valence-corrected chi connectivity index (χ3v) is 3.56. The molecule has 0 aliphatic heterocycles. The maximum absolute atomic E-state index is 11.7. The minimum Gasteiger partial charge on any atom is -0.468 e. The van der Waals surface area contributed by atoms with Crippen LogP contribution in [0.2, 0.25) is 0 Å². The summed E-state index contributed by atoms with van der Waals surface area (Å²) < 4.78 is 4.84. The summed E-state index contributed by atoms with van der Waals surface area (Å²) in [5, 5.41) is 3.32. The largest absolute Gasteiger partial charge is 0.468 e. The van der Waals surface area contributed by atoms with E-state index in [1.54, 1.807) is 0 Å². The number of methoxy groups -OCH3 is 1. The molecule has 0 aliphatic rings. The van der Waals surface area contributed by atoms with Crippen molar-refractivity contribution in [1.82, 2.24) is 5.32 Å². The molecule has 0 rings (SSSR count). The maximum Gasteiger partial charge on any atom is 0.325 e. The highest BCUT2D eigenvalue weighted by atomic mass is 32.2. The number of hydrogen-bond acceptors (Lipinski definition) is 4. The van der Waals surface area contributed by atoms with Gasteiger partial charge in [-0.15, -0.1) is 0 Å². The molecule has 4 heteroatoms. The van der Waals surface area contributed by atoms with Crippen LogP contribution in [0.15, 0.2) is 0 Å². The van der Waals surface area contributed by atoms with Gasteiger partial charge in [-0.3, -0.25) is 4.79 Å². The van der Waals surface area contributed by atoms with Crippen molar-refractivity contribution in [2.45, 2.75) is 45.6 Å². The van der Waals surface area contributed by atoms with E-state index < -0.39 is 5.54 Å². The van der Waals surface area contributed by atoms with Crippen LogP contribution in [-0.2, 0) is 9.53 Å². The zero-order chi connectivity index (χ0) is 12.4. The van der Waals surface area contributed by atoms with Gasteiger partial charge < -0.3 is 10.1 Å². The SMILES string of the molecule is CCCC(C)(NCCCSCC)C(=O)OC. The number of hydrogen-bond donors (Lipinski definition) is 1. The molecule has 0 aromatic heterocycles. The summed E-state index contributed by atoms with van der Waals surface area (Å²) in [6.07, 6.45) is 2.89. The summed E-state index contributed by atoms with van der Waals surface area (Å²) >= 11 is 1.93. The molecule has 0 aromatic rings. The second-order valence-electron chi connectivity index (χ2n) is 4.05. The van der Waals surface area contributed by atoms with E-state index in [2.05, 4.69) is 19.2 Å². The first-order valence-corrected chi connectivity index (χ1v) is 7.17. The van der Waals surface area contributed by atoms with E-state index >= 15 is 0 Å². The summed E-state index contributed by atoms with van der Waals surface area (Å²) in [6.45, 7) is 7.04. The molecule has 0 bridgehead atoms. The lowest BCUT2D eigenvalue weighted by molar-refractivity contribution is -0.148. The first-order valence-electron chi connectivity index (χ1n) is 6.02. The Hall–Kier alpha value is -0.220. The van der Waals surface area contributed by atoms with E-state index in [1.807, 2.05) is 18.7 Å². The van der Waals surface area contributed by atoms with Crippen molar-refractivity contribution in [2.75, 3.05) is 25.2 Å². The Labute approximate surface area is 104 Å². The number of esters is 1. The lowest BCUT2D eigenvalue weighted by Crippen LogP contribution is -2.50. The molecule has 0 fully saturated rings. The Bertz CT molecular complexity index is 199. The van der Waals surface area contributed by atoms with E-state index in [9.17, 15) is 4.79 Å². The van der Waals surface area contributed by atoms with Crippen LogP contribution in [0.25, 0.3) is 0 Å². The van der Waals surface area contributed by atoms with Crippen LogP contribution < -0.4 is 5.32 Å². The summed E-state index contributed by atoms with van der Waals surface area (Å²) in [5.41, 5.74) is -0.514. The molecule has 0 spiro atoms. The first kappa shape index (κ1) is 15.8. The fraction of sp³-hybridized carbons (Fsp3) is 0.917. The van der Waals surface area contributed by atoms with Crippen LogP contribution >= 0.6 is 11.8 Å². The average molecular weight is 247 g/mol. The van der Waals surface area contributed by atoms with E-state index in [0.29, 0.717) is 0 Å². The molecule has 0 radical (unpaired) electrons. The van der Waals surface area contributed by atoms with Gasteiger partial charge in [0.1, 0.15) is 5.54 Å². The first-order chi connectivity index (χ1) is 7.60. The highest BCUT2D eigenvalue weighted by molar-refractivity contribution is 7.99. The molecular weight excluding hydrogens is 222 g/mol. The number of carbonyl (C=O) groups excluding carboxylic acids is 1. The molecule has 16 heavy (non-hydrogen) atoms. The Morgan fingerprint density at radius 2 is 2.12 bits per heavy atom. The zero-order valence-electron chi connectivity index (χ0n) is 11.0. The van der Waals surface area contributed by atoms with Crippen LogP contribution in [0.3, 0.4) is 0 Å². The van der Waals surface area contributed by atoms with Gasteiger partial charge in [0.25, 0.3) is 0 Å². The molecule has 3 nitrogen and oxygen atoms in total. The Kier molecular flexibility index (Phi) is 8.76. The van der Waals surface area contributed by atoms with Gasteiger partial charge in [-0.05, 0) is 37.8 Å². The molecule has 0 saturated heterocycles. The summed E-state index contributed by atoms with van der Waals surface area (Å²) in [7, 11) is 1.45. The van der Waals surface area contributed by atoms with Crippen molar-refractivity contribution in [1.29, 1.82) is 0 Å². The second-order valence-corrected chi connectivity index (χ2v) is 5.44. The second kappa shape index (κ2) is 8.88. The summed E-state index contributed by atoms with van der Waals surface area (Å²) in [4.78, 5) is 11.7. The van der Waals surface area contributed by atoms with Crippen LogP contribution in [0.1, 0.15) is 40.0 Å². The Morgan fingerprint density at radius 1 is 1.44 bits per heavy atom. The predicted octanol–water partition coefficient (Wildman–Crippen LogP) is 2.45. The summed E-state index contributed by atoms with van der Waals surface area (Å²) in [5.74, 6) is 2.15. The zero-order valence-corrected chi connectivity index (χ0v) is 11.8. The van der Waals surface area contributed by atoms with Crippen LogP contribution in [0, 0.1) is 0 Å². The summed E-state index contributed by atoms with van der Waals surface area (Å²) in [6, 6.07) is 0. The van der Waals surface area contributed by atoms with Crippen molar-refractivity contribution < 1.29 is 9.53 Å². The lowest BCUT2D eigenvalue weighted by Gasteiger charge is -2.27. The topological polar surface area (TPSA) is 38.3 Å². The normalized spacial score (nSPS) is 14.5. The van der Waals surface area contributed by atoms with E-state index in [-0.39, 0.29) is 5.97 Å². The molecule has 0 aromatic carbocycles. The van der Waals surface area contributed by atoms with Gasteiger partial charge in [-0.2, -0.15) is 11.8 Å². The Balaban J connectivity index is 3.97. The fourth-order valence-electron chi connectivity index (χ4n) is 1.67. The smallest absolute Gasteiger partial charge is 0.325 e. The van der Waals surface area contributed by atoms with Crippen LogP contribution in [-0.4, -0.2) is 36.7 Å². The minimum atomic E-state index is -0.514. The monoisotopic (exact) mass is 247 g/mol. The van der Waals surface area contributed by atoms with Gasteiger partial charge in [0.2, 0.25) is 0 Å². The molecular formula is C12H25NO2S. The average Bonchev–Trinajstić information content (AvgIpc) is 2.28. The third-order valence-electron chi connectivity index (χ3n) is 2.57. The van der Waals surface area contributed by atoms with E-state index in [1.165, 1.54) is 7.11 Å². The van der Waals surface area contributed by atoms with E-state index in [0.717, 1.165) is 37.3 Å². The van der Waals surface area contributed by atoms with Crippen molar-refractivity contribution in [2.24, 2.45) is 0 Å². The standard InChI is InChI=1S/C12H25NO2S/c1-5-8-12(3,11(14)15-4)13-9-7-10-16-6-2/h13H,5-10H2,1-4H3. The van der Waals surface area contributed by atoms with Gasteiger partial charge in [0.05, 0.1) is 7.11 Å². The number of thioether (sulfide) groups is 1. The number of nitrogens with one attached hydrogen (secondary N) is 1. The molecule has 96 valence electrons. The molecule has 0 aliphatic carbocycles. The quantitative estimate of drug-likeness (QED) is 0.502. The van der Waals surface area contributed by atoms with Crippen molar-refractivity contribution in [3.63, 3.8) is 0 Å². The van der Waals surface area contributed by atoms with Crippen molar-refractivity contribution >= 4 is 17.7 Å². The molecule has 1 N–H and O–H groups in total. The Morgan fingerprint density at radius 3 is 2.62 bits per heavy atom. The molecule has 0 amide bonds. The van der Waals surface area contributed by atoms with Gasteiger partial charge in [0, 0.05) is 0 Å². The van der Waals surface area contributed by atoms with Crippen molar-refractivity contribution in [3.8, 4) is 0 Å². The van der Waals surface area contributed by atoms with Crippen LogP contribution in [0.5, 0.6) is 0 Å². The molecule has 1 unspecified atom stereocenters. The highest BCUT2D eigenvalue weighted by Crippen LogP contribution is 2.14. The number of ether oxygens (including phenoxy) is 1. The maximum atomic E-state index is 11.7. The van der Waals surface area contributed by atoms with Gasteiger partial charge in [-0.1, -0.05) is 20.3 Å². The third kappa shape index (κ3) is 5.75. The molecule has 1 atom stereocenters. The fourth-order valence-corrected chi connectivity index (χ4v) is 2.31. The molecule has 0 heterocycles. The van der Waals surface area contributed by atoms with Gasteiger partial charge >= 0.3 is 5.97 Å². The predicted molar refractivity (Wildman–Crippen MR) is 70.9 cm³/mol. The molecule has 0 saturated carbocycles.